The van der Waals surface area contributed by atoms with E-state index in [1.807, 2.05) is 36.4 Å². The van der Waals surface area contributed by atoms with Crippen LogP contribution < -0.4 is 4.74 Å². The Kier molecular flexibility index (Phi) is 4.94. The topological polar surface area (TPSA) is 27.7 Å². The fourth-order valence-electron chi connectivity index (χ4n) is 2.96. The average molecular weight is 316 g/mol. The van der Waals surface area contributed by atoms with Gasteiger partial charge in [-0.1, -0.05) is 30.3 Å². The molecule has 1 heterocycles. The standard InChI is InChI=1S/C19H21FO3/c1-21-19(7-9-22-10-8-19)16-11-17(20)13-18(12-16)23-14-15-5-3-2-4-6-15/h2-6,11-13H,7-10,14H2,1H3. The molecule has 1 fully saturated rings. The van der Waals surface area contributed by atoms with E-state index in [9.17, 15) is 4.39 Å². The van der Waals surface area contributed by atoms with Crippen LogP contribution in [0.1, 0.15) is 24.0 Å². The van der Waals surface area contributed by atoms with Crippen LogP contribution in [0.3, 0.4) is 0 Å². The van der Waals surface area contributed by atoms with Crippen LogP contribution in [0, 0.1) is 5.82 Å². The van der Waals surface area contributed by atoms with Crippen LogP contribution in [0.4, 0.5) is 4.39 Å². The van der Waals surface area contributed by atoms with Gasteiger partial charge in [-0.3, -0.25) is 0 Å². The van der Waals surface area contributed by atoms with Gasteiger partial charge in [0.05, 0.1) is 5.60 Å². The Balaban J connectivity index is 1.81. The lowest BCUT2D eigenvalue weighted by atomic mass is 9.86. The fraction of sp³-hybridized carbons (Fsp3) is 0.368. The maximum absolute atomic E-state index is 14.0. The van der Waals surface area contributed by atoms with Gasteiger partial charge in [0.2, 0.25) is 0 Å². The molecule has 122 valence electrons. The van der Waals surface area contributed by atoms with Crippen LogP contribution in [0.25, 0.3) is 0 Å². The zero-order valence-electron chi connectivity index (χ0n) is 13.3. The lowest BCUT2D eigenvalue weighted by Gasteiger charge is -2.36. The van der Waals surface area contributed by atoms with Crippen LogP contribution in [-0.2, 0) is 21.7 Å². The molecule has 0 spiro atoms. The third-order valence-corrected chi connectivity index (χ3v) is 4.34. The maximum atomic E-state index is 14.0. The molecule has 23 heavy (non-hydrogen) atoms. The van der Waals surface area contributed by atoms with Gasteiger partial charge >= 0.3 is 0 Å². The van der Waals surface area contributed by atoms with E-state index in [0.29, 0.717) is 38.4 Å². The molecule has 0 bridgehead atoms. The second-order valence-corrected chi connectivity index (χ2v) is 5.76. The van der Waals surface area contributed by atoms with Crippen LogP contribution in [0.2, 0.25) is 0 Å². The summed E-state index contributed by atoms with van der Waals surface area (Å²) >= 11 is 0. The molecule has 0 atom stereocenters. The lowest BCUT2D eigenvalue weighted by molar-refractivity contribution is -0.0950. The molecule has 0 amide bonds. The molecule has 0 aromatic heterocycles. The molecule has 0 unspecified atom stereocenters. The summed E-state index contributed by atoms with van der Waals surface area (Å²) in [5.74, 6) is 0.209. The van der Waals surface area contributed by atoms with E-state index in [0.717, 1.165) is 11.1 Å². The average Bonchev–Trinajstić information content (AvgIpc) is 2.61. The molecule has 0 N–H and O–H groups in total. The van der Waals surface area contributed by atoms with Crippen molar-refractivity contribution in [1.29, 1.82) is 0 Å². The van der Waals surface area contributed by atoms with Crippen molar-refractivity contribution in [1.82, 2.24) is 0 Å². The van der Waals surface area contributed by atoms with Gasteiger partial charge in [0.25, 0.3) is 0 Å². The lowest BCUT2D eigenvalue weighted by Crippen LogP contribution is -2.35. The summed E-state index contributed by atoms with van der Waals surface area (Å²) in [6, 6.07) is 14.7. The number of benzene rings is 2. The van der Waals surface area contributed by atoms with Crippen molar-refractivity contribution in [3.63, 3.8) is 0 Å². The number of methoxy groups -OCH3 is 1. The van der Waals surface area contributed by atoms with Crippen LogP contribution in [0.15, 0.2) is 48.5 Å². The monoisotopic (exact) mass is 316 g/mol. The second-order valence-electron chi connectivity index (χ2n) is 5.76. The van der Waals surface area contributed by atoms with Gasteiger partial charge in [-0.05, 0) is 23.3 Å². The van der Waals surface area contributed by atoms with Crippen molar-refractivity contribution in [2.45, 2.75) is 25.0 Å². The Hall–Kier alpha value is -1.91. The summed E-state index contributed by atoms with van der Waals surface area (Å²) in [4.78, 5) is 0. The Labute approximate surface area is 136 Å². The minimum Gasteiger partial charge on any atom is -0.489 e. The molecule has 2 aromatic carbocycles. The highest BCUT2D eigenvalue weighted by Gasteiger charge is 2.35. The summed E-state index contributed by atoms with van der Waals surface area (Å²) in [5.41, 5.74) is 1.36. The Morgan fingerprint density at radius 2 is 1.83 bits per heavy atom. The van der Waals surface area contributed by atoms with Gasteiger partial charge in [-0.2, -0.15) is 0 Å². The summed E-state index contributed by atoms with van der Waals surface area (Å²) in [6.07, 6.45) is 1.43. The molecule has 2 aromatic rings. The summed E-state index contributed by atoms with van der Waals surface area (Å²) in [7, 11) is 1.67. The van der Waals surface area contributed by atoms with Crippen LogP contribution in [-0.4, -0.2) is 20.3 Å². The fourth-order valence-corrected chi connectivity index (χ4v) is 2.96. The molecule has 4 heteroatoms. The molecule has 3 rings (SSSR count). The molecule has 0 saturated carbocycles. The molecule has 0 aliphatic carbocycles. The van der Waals surface area contributed by atoms with Crippen molar-refractivity contribution in [2.24, 2.45) is 0 Å². The predicted octanol–water partition coefficient (Wildman–Crippen LogP) is 4.06. The molecule has 1 aliphatic rings. The molecule has 0 radical (unpaired) electrons. The second kappa shape index (κ2) is 7.11. The highest BCUT2D eigenvalue weighted by atomic mass is 19.1. The van der Waals surface area contributed by atoms with Crippen molar-refractivity contribution in [3.05, 3.63) is 65.5 Å². The quantitative estimate of drug-likeness (QED) is 0.832. The number of ether oxygens (including phenoxy) is 3. The Morgan fingerprint density at radius 3 is 2.52 bits per heavy atom. The van der Waals surface area contributed by atoms with Crippen LogP contribution in [0.5, 0.6) is 5.75 Å². The van der Waals surface area contributed by atoms with E-state index in [1.165, 1.54) is 12.1 Å². The number of hydrogen-bond donors (Lipinski definition) is 0. The van der Waals surface area contributed by atoms with Gasteiger partial charge in [-0.15, -0.1) is 0 Å². The molecular weight excluding hydrogens is 295 g/mol. The Morgan fingerprint density at radius 1 is 1.09 bits per heavy atom. The van der Waals surface area contributed by atoms with E-state index in [4.69, 9.17) is 14.2 Å². The van der Waals surface area contributed by atoms with E-state index >= 15 is 0 Å². The van der Waals surface area contributed by atoms with Gasteiger partial charge < -0.3 is 14.2 Å². The Bertz CT molecular complexity index is 636. The van der Waals surface area contributed by atoms with Crippen molar-refractivity contribution in [3.8, 4) is 5.75 Å². The minimum absolute atomic E-state index is 0.312. The minimum atomic E-state index is -0.495. The summed E-state index contributed by atoms with van der Waals surface area (Å²) < 4.78 is 31.0. The van der Waals surface area contributed by atoms with Crippen molar-refractivity contribution in [2.75, 3.05) is 20.3 Å². The SMILES string of the molecule is COC1(c2cc(F)cc(OCc3ccccc3)c2)CCOCC1. The van der Waals surface area contributed by atoms with Crippen molar-refractivity contribution >= 4 is 0 Å². The van der Waals surface area contributed by atoms with Crippen molar-refractivity contribution < 1.29 is 18.6 Å². The van der Waals surface area contributed by atoms with Gasteiger partial charge in [0.1, 0.15) is 18.2 Å². The van der Waals surface area contributed by atoms with E-state index in [1.54, 1.807) is 7.11 Å². The van der Waals surface area contributed by atoms with E-state index < -0.39 is 5.60 Å². The summed E-state index contributed by atoms with van der Waals surface area (Å²) in [5, 5.41) is 0. The molecule has 1 saturated heterocycles. The maximum Gasteiger partial charge on any atom is 0.127 e. The largest absolute Gasteiger partial charge is 0.489 e. The first-order chi connectivity index (χ1) is 11.2. The van der Waals surface area contributed by atoms with E-state index in [2.05, 4.69) is 0 Å². The number of hydrogen-bond acceptors (Lipinski definition) is 3. The van der Waals surface area contributed by atoms with E-state index in [-0.39, 0.29) is 5.82 Å². The first kappa shape index (κ1) is 16.0. The van der Waals surface area contributed by atoms with Gasteiger partial charge in [-0.25, -0.2) is 4.39 Å². The summed E-state index contributed by atoms with van der Waals surface area (Å²) in [6.45, 7) is 1.64. The van der Waals surface area contributed by atoms with Crippen LogP contribution >= 0.6 is 0 Å². The highest BCUT2D eigenvalue weighted by Crippen LogP contribution is 2.37. The number of rotatable bonds is 5. The first-order valence-electron chi connectivity index (χ1n) is 7.82. The molecule has 3 nitrogen and oxygen atoms in total. The first-order valence-corrected chi connectivity index (χ1v) is 7.82. The van der Waals surface area contributed by atoms with Gasteiger partial charge in [0.15, 0.2) is 0 Å². The molecular formula is C19H21FO3. The van der Waals surface area contributed by atoms with Gasteiger partial charge in [0, 0.05) is 39.2 Å². The molecule has 1 aliphatic heterocycles. The smallest absolute Gasteiger partial charge is 0.127 e. The predicted molar refractivity (Wildman–Crippen MR) is 85.9 cm³/mol. The highest BCUT2D eigenvalue weighted by molar-refractivity contribution is 5.34. The third-order valence-electron chi connectivity index (χ3n) is 4.34. The third kappa shape index (κ3) is 3.71. The zero-order chi connectivity index (χ0) is 16.1. The zero-order valence-corrected chi connectivity index (χ0v) is 13.3. The normalized spacial score (nSPS) is 17.0. The number of halogens is 1.